The molecule has 1 amide bonds. The van der Waals surface area contributed by atoms with Gasteiger partial charge in [-0.15, -0.1) is 11.3 Å². The van der Waals surface area contributed by atoms with Gasteiger partial charge < -0.3 is 21.5 Å². The summed E-state index contributed by atoms with van der Waals surface area (Å²) in [7, 11) is -3.64. The van der Waals surface area contributed by atoms with E-state index >= 15 is 0 Å². The minimum atomic E-state index is -3.64. The van der Waals surface area contributed by atoms with Crippen molar-refractivity contribution in [3.05, 3.63) is 70.2 Å². The van der Waals surface area contributed by atoms with E-state index in [1.807, 2.05) is 31.2 Å². The third-order valence-electron chi connectivity index (χ3n) is 6.11. The van der Waals surface area contributed by atoms with Crippen molar-refractivity contribution in [2.45, 2.75) is 52.7 Å². The number of aliphatic hydroxyl groups excluding tert-OH is 1. The Morgan fingerprint density at radius 2 is 1.80 bits per heavy atom. The minimum absolute atomic E-state index is 0.147. The number of hydrogen-bond acceptors (Lipinski definition) is 9. The fraction of sp³-hybridized carbons (Fsp3) is 0.393. The molecule has 0 saturated heterocycles. The van der Waals surface area contributed by atoms with Crippen molar-refractivity contribution in [2.24, 2.45) is 5.41 Å². The highest BCUT2D eigenvalue weighted by Crippen LogP contribution is 2.30. The lowest BCUT2D eigenvalue weighted by Gasteiger charge is -2.23. The zero-order chi connectivity index (χ0) is 29.7. The van der Waals surface area contributed by atoms with Crippen LogP contribution in [0.5, 0.6) is 0 Å². The number of nitrogen functional groups attached to an aromatic ring is 1. The Bertz CT molecular complexity index is 1450. The number of nitrogens with one attached hydrogen (secondary N) is 3. The Morgan fingerprint density at radius 1 is 1.12 bits per heavy atom. The third-order valence-corrected chi connectivity index (χ3v) is 7.42. The van der Waals surface area contributed by atoms with Gasteiger partial charge in [0.1, 0.15) is 0 Å². The van der Waals surface area contributed by atoms with Crippen molar-refractivity contribution >= 4 is 49.6 Å². The second kappa shape index (κ2) is 12.9. The number of carbonyl (C=O) groups excluding carboxylic acids is 2. The molecule has 12 heteroatoms. The van der Waals surface area contributed by atoms with Gasteiger partial charge in [-0.1, -0.05) is 39.0 Å². The van der Waals surface area contributed by atoms with Crippen LogP contribution in [-0.4, -0.2) is 49.0 Å². The first-order valence-electron chi connectivity index (χ1n) is 12.8. The van der Waals surface area contributed by atoms with Crippen LogP contribution in [0.1, 0.15) is 61.0 Å². The molecule has 2 aromatic carbocycles. The molecule has 0 fully saturated rings. The van der Waals surface area contributed by atoms with Crippen LogP contribution in [0.25, 0.3) is 0 Å². The molecule has 40 heavy (non-hydrogen) atoms. The van der Waals surface area contributed by atoms with Crippen LogP contribution >= 0.6 is 11.3 Å². The molecule has 0 saturated carbocycles. The van der Waals surface area contributed by atoms with Crippen molar-refractivity contribution < 1.29 is 23.1 Å². The van der Waals surface area contributed by atoms with Crippen molar-refractivity contribution in [2.75, 3.05) is 28.6 Å². The number of nitrogens with zero attached hydrogens (tertiary/aromatic N) is 1. The van der Waals surface area contributed by atoms with Gasteiger partial charge in [-0.05, 0) is 55.3 Å². The predicted molar refractivity (Wildman–Crippen MR) is 160 cm³/mol. The molecular formula is C28H37N5O5S2. The molecule has 216 valence electrons. The van der Waals surface area contributed by atoms with E-state index in [0.29, 0.717) is 35.0 Å². The number of benzene rings is 2. The van der Waals surface area contributed by atoms with Crippen LogP contribution in [0.15, 0.2) is 47.8 Å². The Hall–Kier alpha value is -3.32. The van der Waals surface area contributed by atoms with Crippen LogP contribution < -0.4 is 21.1 Å². The number of sulfonamides is 1. The van der Waals surface area contributed by atoms with Crippen LogP contribution in [0.3, 0.4) is 0 Å². The molecule has 3 rings (SSSR count). The van der Waals surface area contributed by atoms with Gasteiger partial charge >= 0.3 is 0 Å². The number of amides is 1. The standard InChI is InChI=1S/C28H37N5O5S2/c1-17(25(35)19-8-11-22(26(36)28(2,3)4)23(14-19)33-40(5,37)38)30-13-12-18-6-9-20(10-7-18)31-24(34)15-21-16-39-27(29)32-21/h6-11,14,16-17,25,30,33,35H,12-13,15H2,1-5H3,(H2,29,32)(H,31,34). The molecule has 0 aliphatic heterocycles. The fourth-order valence-corrected chi connectivity index (χ4v) is 5.14. The molecule has 6 N–H and O–H groups in total. The summed E-state index contributed by atoms with van der Waals surface area (Å²) in [5.41, 5.74) is 8.14. The Kier molecular flexibility index (Phi) is 10.1. The SMILES string of the molecule is CC(NCCc1ccc(NC(=O)Cc2csc(N)n2)cc1)C(O)c1ccc(C(=O)C(C)(C)C)c(NS(C)(=O)=O)c1. The summed E-state index contributed by atoms with van der Waals surface area (Å²) < 4.78 is 26.3. The lowest BCUT2D eigenvalue weighted by Crippen LogP contribution is -2.33. The van der Waals surface area contributed by atoms with E-state index in [0.717, 1.165) is 11.8 Å². The minimum Gasteiger partial charge on any atom is -0.387 e. The van der Waals surface area contributed by atoms with Crippen LogP contribution in [-0.2, 0) is 27.7 Å². The number of aromatic nitrogens is 1. The molecule has 2 atom stereocenters. The highest BCUT2D eigenvalue weighted by atomic mass is 32.2. The van der Waals surface area contributed by atoms with Gasteiger partial charge in [0.15, 0.2) is 10.9 Å². The van der Waals surface area contributed by atoms with E-state index in [2.05, 4.69) is 20.3 Å². The molecule has 0 aliphatic rings. The first kappa shape index (κ1) is 31.2. The fourth-order valence-electron chi connectivity index (χ4n) is 4.00. The molecular weight excluding hydrogens is 550 g/mol. The number of nitrogens with two attached hydrogens (primary N) is 1. The lowest BCUT2D eigenvalue weighted by molar-refractivity contribution is -0.115. The number of hydrogen-bond donors (Lipinski definition) is 5. The maximum absolute atomic E-state index is 12.9. The molecule has 1 aromatic heterocycles. The lowest BCUT2D eigenvalue weighted by atomic mass is 9.85. The Balaban J connectivity index is 1.57. The summed E-state index contributed by atoms with van der Waals surface area (Å²) in [6.45, 7) is 7.69. The van der Waals surface area contributed by atoms with Gasteiger partial charge in [0.05, 0.1) is 30.2 Å². The van der Waals surface area contributed by atoms with Crippen molar-refractivity contribution in [3.63, 3.8) is 0 Å². The second-order valence-electron chi connectivity index (χ2n) is 10.8. The molecule has 1 heterocycles. The van der Waals surface area contributed by atoms with E-state index in [-0.39, 0.29) is 35.4 Å². The zero-order valence-electron chi connectivity index (χ0n) is 23.3. The average Bonchev–Trinajstić information content (AvgIpc) is 3.26. The summed E-state index contributed by atoms with van der Waals surface area (Å²) in [6.07, 6.45) is 0.917. The molecule has 2 unspecified atom stereocenters. The number of rotatable bonds is 12. The number of aliphatic hydroxyl groups is 1. The highest BCUT2D eigenvalue weighted by molar-refractivity contribution is 7.92. The molecule has 10 nitrogen and oxygen atoms in total. The monoisotopic (exact) mass is 587 g/mol. The van der Waals surface area contributed by atoms with Gasteiger partial charge in [0, 0.05) is 28.1 Å². The third kappa shape index (κ3) is 9.12. The number of thiazole rings is 1. The topological polar surface area (TPSA) is 164 Å². The van der Waals surface area contributed by atoms with E-state index in [1.54, 1.807) is 38.3 Å². The molecule has 0 spiro atoms. The summed E-state index contributed by atoms with van der Waals surface area (Å²) in [5.74, 6) is -0.380. The van der Waals surface area contributed by atoms with E-state index < -0.39 is 21.5 Å². The number of anilines is 3. The number of carbonyl (C=O) groups is 2. The van der Waals surface area contributed by atoms with Gasteiger partial charge in [-0.25, -0.2) is 13.4 Å². The molecule has 0 aliphatic carbocycles. The number of ketones is 1. The zero-order valence-corrected chi connectivity index (χ0v) is 24.9. The summed E-state index contributed by atoms with van der Waals surface area (Å²) in [4.78, 5) is 29.2. The first-order chi connectivity index (χ1) is 18.6. The van der Waals surface area contributed by atoms with Crippen LogP contribution in [0, 0.1) is 5.41 Å². The van der Waals surface area contributed by atoms with Gasteiger partial charge in [0.25, 0.3) is 0 Å². The Labute approximate surface area is 239 Å². The molecule has 3 aromatic rings. The average molecular weight is 588 g/mol. The summed E-state index contributed by atoms with van der Waals surface area (Å²) >= 11 is 1.30. The normalized spacial score (nSPS) is 13.4. The molecule has 0 radical (unpaired) electrons. The van der Waals surface area contributed by atoms with Gasteiger partial charge in [-0.3, -0.25) is 14.3 Å². The van der Waals surface area contributed by atoms with Crippen molar-refractivity contribution in [1.82, 2.24) is 10.3 Å². The quantitative estimate of drug-likeness (QED) is 0.200. The molecule has 0 bridgehead atoms. The maximum atomic E-state index is 12.9. The highest BCUT2D eigenvalue weighted by Gasteiger charge is 2.27. The Morgan fingerprint density at radius 3 is 2.38 bits per heavy atom. The van der Waals surface area contributed by atoms with E-state index in [9.17, 15) is 23.1 Å². The number of Topliss-reactive ketones (excluding diaryl/α,β-unsaturated/α-hetero) is 1. The largest absolute Gasteiger partial charge is 0.387 e. The smallest absolute Gasteiger partial charge is 0.230 e. The van der Waals surface area contributed by atoms with E-state index in [1.165, 1.54) is 17.4 Å². The van der Waals surface area contributed by atoms with Crippen LogP contribution in [0.4, 0.5) is 16.5 Å². The van der Waals surface area contributed by atoms with E-state index in [4.69, 9.17) is 5.73 Å². The summed E-state index contributed by atoms with van der Waals surface area (Å²) in [5, 5.41) is 19.3. The van der Waals surface area contributed by atoms with Crippen molar-refractivity contribution in [1.29, 1.82) is 0 Å². The second-order valence-corrected chi connectivity index (χ2v) is 13.4. The maximum Gasteiger partial charge on any atom is 0.230 e. The van der Waals surface area contributed by atoms with Gasteiger partial charge in [0.2, 0.25) is 15.9 Å². The van der Waals surface area contributed by atoms with Crippen LogP contribution in [0.2, 0.25) is 0 Å². The van der Waals surface area contributed by atoms with Crippen molar-refractivity contribution in [3.8, 4) is 0 Å². The van der Waals surface area contributed by atoms with Gasteiger partial charge in [-0.2, -0.15) is 0 Å². The first-order valence-corrected chi connectivity index (χ1v) is 15.6. The predicted octanol–water partition coefficient (Wildman–Crippen LogP) is 3.76. The summed E-state index contributed by atoms with van der Waals surface area (Å²) in [6, 6.07) is 11.9.